The highest BCUT2D eigenvalue weighted by molar-refractivity contribution is 6.10. The number of rotatable bonds is 2. The molecular weight excluding hydrogens is 308 g/mol. The molecule has 3 rings (SSSR count). The van der Waals surface area contributed by atoms with Gasteiger partial charge in [0.05, 0.1) is 29.2 Å². The minimum atomic E-state index is -0.998. The molecule has 0 saturated carbocycles. The van der Waals surface area contributed by atoms with Crippen molar-refractivity contribution in [1.82, 2.24) is 0 Å². The first-order valence-corrected chi connectivity index (χ1v) is 7.91. The normalized spacial score (nSPS) is 16.9. The number of carbonyl (C=O) groups excluding carboxylic acids is 1. The maximum absolute atomic E-state index is 12.9. The van der Waals surface area contributed by atoms with Gasteiger partial charge in [0.2, 0.25) is 0 Å². The lowest BCUT2D eigenvalue weighted by atomic mass is 10.00. The highest BCUT2D eigenvalue weighted by atomic mass is 16.4. The maximum Gasteiger partial charge on any atom is 0.412 e. The van der Waals surface area contributed by atoms with E-state index < -0.39 is 6.09 Å². The van der Waals surface area contributed by atoms with Crippen molar-refractivity contribution >= 4 is 23.4 Å². The second-order valence-electron chi connectivity index (χ2n) is 6.07. The van der Waals surface area contributed by atoms with Crippen LogP contribution < -0.4 is 9.80 Å². The number of fused-ring (bicyclic) bond motifs is 1. The molecule has 6 heteroatoms. The fraction of sp³-hybridized carbons (Fsp3) is 0.333. The summed E-state index contributed by atoms with van der Waals surface area (Å²) in [4.78, 5) is 27.7. The van der Waals surface area contributed by atoms with Gasteiger partial charge in [-0.1, -0.05) is 6.92 Å². The van der Waals surface area contributed by atoms with E-state index in [0.717, 1.165) is 11.1 Å². The Kier molecular flexibility index (Phi) is 4.05. The van der Waals surface area contributed by atoms with Crippen molar-refractivity contribution in [1.29, 1.82) is 0 Å². The third-order valence-corrected chi connectivity index (χ3v) is 4.59. The van der Waals surface area contributed by atoms with Crippen LogP contribution >= 0.6 is 0 Å². The SMILES string of the molecule is CCC1CN(C(=O)c2ccoc2)c2cc(C)c(C)cc2N1C(=O)O. The molecule has 1 unspecified atom stereocenters. The molecule has 1 N–H and O–H groups in total. The Hall–Kier alpha value is -2.76. The van der Waals surface area contributed by atoms with Crippen molar-refractivity contribution in [3.05, 3.63) is 47.4 Å². The molecule has 1 aromatic carbocycles. The monoisotopic (exact) mass is 328 g/mol. The van der Waals surface area contributed by atoms with Gasteiger partial charge in [-0.15, -0.1) is 0 Å². The number of hydrogen-bond acceptors (Lipinski definition) is 3. The molecule has 6 nitrogen and oxygen atoms in total. The molecule has 0 radical (unpaired) electrons. The number of furan rings is 1. The van der Waals surface area contributed by atoms with E-state index in [1.165, 1.54) is 17.4 Å². The van der Waals surface area contributed by atoms with Crippen LogP contribution in [0.25, 0.3) is 0 Å². The van der Waals surface area contributed by atoms with Crippen molar-refractivity contribution < 1.29 is 19.1 Å². The second-order valence-corrected chi connectivity index (χ2v) is 6.07. The largest absolute Gasteiger partial charge is 0.472 e. The zero-order valence-electron chi connectivity index (χ0n) is 13.9. The molecule has 0 fully saturated rings. The lowest BCUT2D eigenvalue weighted by molar-refractivity contribution is 0.0982. The lowest BCUT2D eigenvalue weighted by Crippen LogP contribution is -2.52. The minimum Gasteiger partial charge on any atom is -0.472 e. The number of amides is 2. The van der Waals surface area contributed by atoms with Gasteiger partial charge in [-0.3, -0.25) is 9.69 Å². The average molecular weight is 328 g/mol. The molecule has 1 atom stereocenters. The van der Waals surface area contributed by atoms with Crippen molar-refractivity contribution in [2.24, 2.45) is 0 Å². The molecule has 2 heterocycles. The van der Waals surface area contributed by atoms with Crippen molar-refractivity contribution in [3.8, 4) is 0 Å². The Morgan fingerprint density at radius 1 is 1.25 bits per heavy atom. The lowest BCUT2D eigenvalue weighted by Gasteiger charge is -2.41. The van der Waals surface area contributed by atoms with Gasteiger partial charge in [-0.25, -0.2) is 4.79 Å². The van der Waals surface area contributed by atoms with Gasteiger partial charge in [0.25, 0.3) is 5.91 Å². The minimum absolute atomic E-state index is 0.184. The molecular formula is C18H20N2O4. The second kappa shape index (κ2) is 6.03. The molecule has 0 aliphatic carbocycles. The Balaban J connectivity index is 2.15. The van der Waals surface area contributed by atoms with Gasteiger partial charge in [0, 0.05) is 6.54 Å². The maximum atomic E-state index is 12.9. The van der Waals surface area contributed by atoms with E-state index in [1.54, 1.807) is 11.0 Å². The summed E-state index contributed by atoms with van der Waals surface area (Å²) in [5.74, 6) is -0.184. The quantitative estimate of drug-likeness (QED) is 0.909. The molecule has 2 aromatic rings. The standard InChI is InChI=1S/C18H20N2O4/c1-4-14-9-19(17(21)13-5-6-24-10-13)15-7-11(2)12(3)8-16(15)20(14)18(22)23/h5-8,10,14H,4,9H2,1-3H3,(H,22,23). The zero-order chi connectivity index (χ0) is 17.4. The number of carbonyl (C=O) groups is 2. The molecule has 2 amide bonds. The molecule has 1 aliphatic heterocycles. The zero-order valence-corrected chi connectivity index (χ0v) is 13.9. The van der Waals surface area contributed by atoms with E-state index in [-0.39, 0.29) is 11.9 Å². The highest BCUT2D eigenvalue weighted by Crippen LogP contribution is 2.39. The molecule has 0 spiro atoms. The number of carboxylic acid groups (broad SMARTS) is 1. The van der Waals surface area contributed by atoms with Gasteiger partial charge in [-0.05, 0) is 49.6 Å². The van der Waals surface area contributed by atoms with Crippen LogP contribution in [0.2, 0.25) is 0 Å². The molecule has 1 aliphatic rings. The van der Waals surface area contributed by atoms with Gasteiger partial charge in [0.1, 0.15) is 6.26 Å². The van der Waals surface area contributed by atoms with Crippen LogP contribution in [-0.2, 0) is 0 Å². The van der Waals surface area contributed by atoms with Crippen LogP contribution in [0, 0.1) is 13.8 Å². The number of benzene rings is 1. The highest BCUT2D eigenvalue weighted by Gasteiger charge is 2.37. The van der Waals surface area contributed by atoms with E-state index in [0.29, 0.717) is 29.9 Å². The third kappa shape index (κ3) is 2.54. The Morgan fingerprint density at radius 3 is 2.46 bits per heavy atom. The summed E-state index contributed by atoms with van der Waals surface area (Å²) >= 11 is 0. The van der Waals surface area contributed by atoms with Crippen LogP contribution in [0.4, 0.5) is 16.2 Å². The molecule has 0 bridgehead atoms. The van der Waals surface area contributed by atoms with Crippen LogP contribution in [0.5, 0.6) is 0 Å². The summed E-state index contributed by atoms with van der Waals surface area (Å²) in [7, 11) is 0. The molecule has 126 valence electrons. The van der Waals surface area contributed by atoms with Crippen LogP contribution in [-0.4, -0.2) is 29.7 Å². The van der Waals surface area contributed by atoms with Crippen molar-refractivity contribution in [2.45, 2.75) is 33.2 Å². The van der Waals surface area contributed by atoms with Gasteiger partial charge in [-0.2, -0.15) is 0 Å². The summed E-state index contributed by atoms with van der Waals surface area (Å²) in [6.45, 7) is 6.13. The summed E-state index contributed by atoms with van der Waals surface area (Å²) < 4.78 is 5.02. The Bertz CT molecular complexity index is 783. The predicted molar refractivity (Wildman–Crippen MR) is 90.9 cm³/mol. The fourth-order valence-electron chi connectivity index (χ4n) is 3.09. The molecule has 24 heavy (non-hydrogen) atoms. The first kappa shape index (κ1) is 16.1. The number of hydrogen-bond donors (Lipinski definition) is 1. The summed E-state index contributed by atoms with van der Waals surface area (Å²) in [6.07, 6.45) is 2.49. The Morgan fingerprint density at radius 2 is 1.92 bits per heavy atom. The smallest absolute Gasteiger partial charge is 0.412 e. The predicted octanol–water partition coefficient (Wildman–Crippen LogP) is 3.82. The molecule has 0 saturated heterocycles. The third-order valence-electron chi connectivity index (χ3n) is 4.59. The van der Waals surface area contributed by atoms with E-state index >= 15 is 0 Å². The number of aryl methyl sites for hydroxylation is 2. The van der Waals surface area contributed by atoms with E-state index in [9.17, 15) is 14.7 Å². The van der Waals surface area contributed by atoms with Crippen LogP contribution in [0.3, 0.4) is 0 Å². The van der Waals surface area contributed by atoms with Crippen LogP contribution in [0.1, 0.15) is 34.8 Å². The van der Waals surface area contributed by atoms with E-state index in [2.05, 4.69) is 0 Å². The van der Waals surface area contributed by atoms with E-state index in [4.69, 9.17) is 4.42 Å². The van der Waals surface area contributed by atoms with E-state index in [1.807, 2.05) is 32.9 Å². The number of anilines is 2. The van der Waals surface area contributed by atoms with Gasteiger partial charge < -0.3 is 14.4 Å². The topological polar surface area (TPSA) is 74.0 Å². The summed E-state index contributed by atoms with van der Waals surface area (Å²) in [5.41, 5.74) is 3.64. The first-order chi connectivity index (χ1) is 11.4. The van der Waals surface area contributed by atoms with Gasteiger partial charge in [0.15, 0.2) is 0 Å². The van der Waals surface area contributed by atoms with Crippen molar-refractivity contribution in [3.63, 3.8) is 0 Å². The first-order valence-electron chi connectivity index (χ1n) is 7.91. The summed E-state index contributed by atoms with van der Waals surface area (Å²) in [6, 6.07) is 5.06. The summed E-state index contributed by atoms with van der Waals surface area (Å²) in [5, 5.41) is 9.66. The van der Waals surface area contributed by atoms with Crippen LogP contribution in [0.15, 0.2) is 35.1 Å². The fourth-order valence-corrected chi connectivity index (χ4v) is 3.09. The Labute approximate surface area is 140 Å². The van der Waals surface area contributed by atoms with Gasteiger partial charge >= 0.3 is 6.09 Å². The average Bonchev–Trinajstić information content (AvgIpc) is 3.08. The molecule has 1 aromatic heterocycles. The number of nitrogens with zero attached hydrogens (tertiary/aromatic N) is 2. The van der Waals surface area contributed by atoms with Crippen molar-refractivity contribution in [2.75, 3.05) is 16.3 Å².